The number of alkyl halides is 6. The number of rotatable bonds is 0. The van der Waals surface area contributed by atoms with Crippen molar-refractivity contribution in [2.45, 2.75) is 12.4 Å². The van der Waals surface area contributed by atoms with Crippen LogP contribution in [0.3, 0.4) is 0 Å². The highest BCUT2D eigenvalue weighted by atomic mass is 19.4. The van der Waals surface area contributed by atoms with E-state index < -0.39 is 47.0 Å². The van der Waals surface area contributed by atoms with Crippen molar-refractivity contribution in [3.8, 4) is 0 Å². The first-order valence-corrected chi connectivity index (χ1v) is 3.78. The Kier molecular flexibility index (Phi) is 3.06. The van der Waals surface area contributed by atoms with Crippen LogP contribution in [0.25, 0.3) is 0 Å². The molecule has 0 N–H and O–H groups in total. The Morgan fingerprint density at radius 2 is 1.18 bits per heavy atom. The summed E-state index contributed by atoms with van der Waals surface area (Å²) in [6.45, 7) is 0. The first-order chi connectivity index (χ1) is 7.46. The molecule has 1 aromatic carbocycles. The molecule has 0 aliphatic rings. The third-order valence-electron chi connectivity index (χ3n) is 1.75. The smallest absolute Gasteiger partial charge is 0.206 e. The first kappa shape index (κ1) is 13.7. The zero-order chi connectivity index (χ0) is 13.6. The minimum Gasteiger partial charge on any atom is -0.206 e. The van der Waals surface area contributed by atoms with Gasteiger partial charge in [-0.25, -0.2) is 13.2 Å². The maximum atomic E-state index is 12.9. The molecule has 0 aliphatic heterocycles. The van der Waals surface area contributed by atoms with Crippen molar-refractivity contribution in [1.82, 2.24) is 0 Å². The summed E-state index contributed by atoms with van der Waals surface area (Å²) >= 11 is 0. The minimum absolute atomic E-state index is 0.667. The predicted molar refractivity (Wildman–Crippen MR) is 36.3 cm³/mol. The van der Waals surface area contributed by atoms with Gasteiger partial charge in [-0.3, -0.25) is 0 Å². The summed E-state index contributed by atoms with van der Waals surface area (Å²) < 4.78 is 110. The lowest BCUT2D eigenvalue weighted by Crippen LogP contribution is -2.18. The van der Waals surface area contributed by atoms with Gasteiger partial charge in [-0.05, 0) is 6.07 Å². The Labute approximate surface area is 87.7 Å². The van der Waals surface area contributed by atoms with Crippen molar-refractivity contribution < 1.29 is 39.5 Å². The first-order valence-electron chi connectivity index (χ1n) is 3.78. The van der Waals surface area contributed by atoms with Crippen molar-refractivity contribution in [2.24, 2.45) is 0 Å². The fourth-order valence-corrected chi connectivity index (χ4v) is 1.06. The van der Waals surface area contributed by atoms with Gasteiger partial charge in [0.05, 0.1) is 5.56 Å². The molecular weight excluding hydrogens is 267 g/mol. The molecule has 1 aromatic rings. The maximum Gasteiger partial charge on any atom is 0.422 e. The third kappa shape index (κ3) is 2.47. The molecule has 0 unspecified atom stereocenters. The number of benzene rings is 1. The minimum atomic E-state index is -5.77. The summed E-state index contributed by atoms with van der Waals surface area (Å²) in [7, 11) is 0. The maximum absolute atomic E-state index is 12.9. The van der Waals surface area contributed by atoms with E-state index in [0.717, 1.165) is 0 Å². The second-order valence-corrected chi connectivity index (χ2v) is 2.90. The molecule has 0 saturated carbocycles. The average Bonchev–Trinajstić information content (AvgIpc) is 2.07. The number of hydrogen-bond donors (Lipinski definition) is 0. The van der Waals surface area contributed by atoms with E-state index in [2.05, 4.69) is 0 Å². The topological polar surface area (TPSA) is 0 Å². The summed E-state index contributed by atoms with van der Waals surface area (Å²) in [5.41, 5.74) is -5.41. The Balaban J connectivity index is 3.67. The molecule has 0 aliphatic carbocycles. The summed E-state index contributed by atoms with van der Waals surface area (Å²) in [6.07, 6.45) is -11.3. The molecule has 96 valence electrons. The van der Waals surface area contributed by atoms with E-state index in [1.807, 2.05) is 0 Å². The van der Waals surface area contributed by atoms with Gasteiger partial charge in [0.15, 0.2) is 17.5 Å². The molecule has 0 fully saturated rings. The van der Waals surface area contributed by atoms with Gasteiger partial charge in [0.2, 0.25) is 0 Å². The highest BCUT2D eigenvalue weighted by Gasteiger charge is 2.45. The van der Waals surface area contributed by atoms with E-state index in [0.29, 0.717) is 0 Å². The summed E-state index contributed by atoms with van der Waals surface area (Å²) in [5.74, 6) is -8.02. The van der Waals surface area contributed by atoms with Gasteiger partial charge in [-0.2, -0.15) is 26.3 Å². The van der Waals surface area contributed by atoms with E-state index in [4.69, 9.17) is 0 Å². The summed E-state index contributed by atoms with van der Waals surface area (Å²) in [4.78, 5) is 0. The monoisotopic (exact) mass is 268 g/mol. The lowest BCUT2D eigenvalue weighted by Gasteiger charge is -2.14. The fraction of sp³-hybridized carbons (Fsp3) is 0.250. The number of halogens is 9. The van der Waals surface area contributed by atoms with Crippen molar-refractivity contribution in [2.75, 3.05) is 0 Å². The molecule has 0 saturated heterocycles. The lowest BCUT2D eigenvalue weighted by molar-refractivity contribution is -0.149. The van der Waals surface area contributed by atoms with E-state index in [1.165, 1.54) is 0 Å². The largest absolute Gasteiger partial charge is 0.422 e. The predicted octanol–water partition coefficient (Wildman–Crippen LogP) is 4.14. The van der Waals surface area contributed by atoms with E-state index in [9.17, 15) is 39.5 Å². The summed E-state index contributed by atoms with van der Waals surface area (Å²) in [5, 5.41) is 0. The molecule has 0 spiro atoms. The van der Waals surface area contributed by atoms with Crippen LogP contribution < -0.4 is 0 Å². The van der Waals surface area contributed by atoms with Crippen LogP contribution >= 0.6 is 0 Å². The number of hydrogen-bond acceptors (Lipinski definition) is 0. The van der Waals surface area contributed by atoms with Crippen LogP contribution in [0.1, 0.15) is 11.1 Å². The van der Waals surface area contributed by atoms with Gasteiger partial charge < -0.3 is 0 Å². The Morgan fingerprint density at radius 1 is 0.706 bits per heavy atom. The molecule has 9 heteroatoms. The molecule has 0 atom stereocenters. The van der Waals surface area contributed by atoms with Gasteiger partial charge in [-0.15, -0.1) is 0 Å². The van der Waals surface area contributed by atoms with E-state index in [1.54, 1.807) is 0 Å². The van der Waals surface area contributed by atoms with Crippen molar-refractivity contribution in [3.05, 3.63) is 34.6 Å². The van der Waals surface area contributed by atoms with Crippen LogP contribution in [0.15, 0.2) is 6.07 Å². The SMILES string of the molecule is Fc1cc(C(F)(F)F)c(F)c(C(F)(F)F)c1F. The molecule has 17 heavy (non-hydrogen) atoms. The molecule has 0 aromatic heterocycles. The van der Waals surface area contributed by atoms with Gasteiger partial charge in [-0.1, -0.05) is 0 Å². The van der Waals surface area contributed by atoms with Crippen LogP contribution in [-0.2, 0) is 12.4 Å². The van der Waals surface area contributed by atoms with Gasteiger partial charge in [0, 0.05) is 0 Å². The van der Waals surface area contributed by atoms with Gasteiger partial charge >= 0.3 is 12.4 Å². The Bertz CT molecular complexity index is 440. The Morgan fingerprint density at radius 3 is 1.53 bits per heavy atom. The molecule has 1 rings (SSSR count). The van der Waals surface area contributed by atoms with E-state index >= 15 is 0 Å². The van der Waals surface area contributed by atoms with Crippen LogP contribution in [-0.4, -0.2) is 0 Å². The molecule has 0 heterocycles. The summed E-state index contributed by atoms with van der Waals surface area (Å²) in [6, 6.07) is -0.667. The van der Waals surface area contributed by atoms with Crippen LogP contribution in [0.4, 0.5) is 39.5 Å². The highest BCUT2D eigenvalue weighted by Crippen LogP contribution is 2.40. The molecule has 0 radical (unpaired) electrons. The molecule has 0 nitrogen and oxygen atoms in total. The van der Waals surface area contributed by atoms with Crippen molar-refractivity contribution in [3.63, 3.8) is 0 Å². The zero-order valence-electron chi connectivity index (χ0n) is 7.48. The van der Waals surface area contributed by atoms with Crippen LogP contribution in [0, 0.1) is 17.5 Å². The van der Waals surface area contributed by atoms with Crippen LogP contribution in [0.2, 0.25) is 0 Å². The molecule has 0 bridgehead atoms. The molecular formula is C8HF9. The second kappa shape index (κ2) is 3.81. The highest BCUT2D eigenvalue weighted by molar-refractivity contribution is 5.32. The Hall–Kier alpha value is -1.41. The average molecular weight is 268 g/mol. The lowest BCUT2D eigenvalue weighted by atomic mass is 10.1. The van der Waals surface area contributed by atoms with Gasteiger partial charge in [0.1, 0.15) is 5.56 Å². The quantitative estimate of drug-likeness (QED) is 0.490. The van der Waals surface area contributed by atoms with Crippen molar-refractivity contribution in [1.29, 1.82) is 0 Å². The second-order valence-electron chi connectivity index (χ2n) is 2.90. The normalized spacial score (nSPS) is 13.0. The third-order valence-corrected chi connectivity index (χ3v) is 1.75. The molecule has 0 amide bonds. The van der Waals surface area contributed by atoms with Gasteiger partial charge in [0.25, 0.3) is 0 Å². The van der Waals surface area contributed by atoms with Crippen molar-refractivity contribution >= 4 is 0 Å². The fourth-order valence-electron chi connectivity index (χ4n) is 1.06. The van der Waals surface area contributed by atoms with Crippen LogP contribution in [0.5, 0.6) is 0 Å². The standard InChI is InChI=1S/C8HF9/c9-3-1-2(7(12,13)14)5(10)4(6(3)11)8(15,16)17/h1H. The zero-order valence-corrected chi connectivity index (χ0v) is 7.48. The van der Waals surface area contributed by atoms with E-state index in [-0.39, 0.29) is 0 Å².